The average molecular weight is 394 g/mol. The lowest BCUT2D eigenvalue weighted by Gasteiger charge is -2.08. The van der Waals surface area contributed by atoms with Crippen molar-refractivity contribution in [1.29, 1.82) is 0 Å². The Morgan fingerprint density at radius 2 is 1.55 bits per heavy atom. The fraction of sp³-hybridized carbons (Fsp3) is 0.348. The first-order chi connectivity index (χ1) is 14.3. The van der Waals surface area contributed by atoms with Crippen LogP contribution in [-0.4, -0.2) is 35.6 Å². The normalized spacial score (nSPS) is 12.6. The van der Waals surface area contributed by atoms with Gasteiger partial charge in [-0.3, -0.25) is 14.9 Å². The van der Waals surface area contributed by atoms with Crippen molar-refractivity contribution in [2.24, 2.45) is 0 Å². The van der Waals surface area contributed by atoms with Crippen molar-refractivity contribution in [2.75, 3.05) is 19.4 Å². The Bertz CT molecular complexity index is 817. The van der Waals surface area contributed by atoms with Gasteiger partial charge >= 0.3 is 0 Å². The highest BCUT2D eigenvalue weighted by atomic mass is 16.1. The standard InChI is InChI=1S/C15H12N4O.C6H12.C2H7N/c20-10-12-6-7-16-9-14(12)18-15-13(8-17-19-15)11-4-2-1-3-5-11;1-2-4-6-5-3-1;1-3-2/h1-10H,(H2,17,18,19);1-6H2;3H,1-2H3. The molecular weight excluding hydrogens is 362 g/mol. The molecule has 6 nitrogen and oxygen atoms in total. The van der Waals surface area contributed by atoms with E-state index in [2.05, 4.69) is 25.8 Å². The van der Waals surface area contributed by atoms with E-state index in [1.165, 1.54) is 38.5 Å². The van der Waals surface area contributed by atoms with Crippen LogP contribution in [-0.2, 0) is 0 Å². The molecule has 0 radical (unpaired) electrons. The maximum absolute atomic E-state index is 11.0. The summed E-state index contributed by atoms with van der Waals surface area (Å²) >= 11 is 0. The smallest absolute Gasteiger partial charge is 0.152 e. The molecule has 0 bridgehead atoms. The number of aromatic amines is 1. The number of carbonyl (C=O) groups excluding carboxylic acids is 1. The number of hydrogen-bond acceptors (Lipinski definition) is 5. The van der Waals surface area contributed by atoms with Crippen molar-refractivity contribution >= 4 is 17.8 Å². The van der Waals surface area contributed by atoms with Gasteiger partial charge in [-0.1, -0.05) is 68.9 Å². The number of benzene rings is 1. The predicted octanol–water partition coefficient (Wildman–Crippen LogP) is 5.20. The lowest BCUT2D eigenvalue weighted by atomic mass is 10.0. The van der Waals surface area contributed by atoms with Crippen LogP contribution in [0.2, 0.25) is 0 Å². The second-order valence-electron chi connectivity index (χ2n) is 6.85. The lowest BCUT2D eigenvalue weighted by molar-refractivity contribution is 0.112. The van der Waals surface area contributed by atoms with Crippen molar-refractivity contribution in [3.05, 3.63) is 60.6 Å². The molecule has 0 amide bonds. The van der Waals surface area contributed by atoms with Crippen LogP contribution < -0.4 is 10.6 Å². The van der Waals surface area contributed by atoms with Gasteiger partial charge in [0, 0.05) is 17.3 Å². The van der Waals surface area contributed by atoms with E-state index in [9.17, 15) is 4.79 Å². The van der Waals surface area contributed by atoms with Crippen molar-refractivity contribution in [1.82, 2.24) is 20.5 Å². The first-order valence-electron chi connectivity index (χ1n) is 10.1. The Morgan fingerprint density at radius 1 is 0.931 bits per heavy atom. The van der Waals surface area contributed by atoms with E-state index in [0.29, 0.717) is 11.3 Å². The van der Waals surface area contributed by atoms with Crippen LogP contribution >= 0.6 is 0 Å². The Balaban J connectivity index is 0.000000278. The molecule has 1 fully saturated rings. The zero-order chi connectivity index (χ0) is 20.7. The molecule has 154 valence electrons. The molecule has 1 aromatic carbocycles. The van der Waals surface area contributed by atoms with Gasteiger partial charge in [0.1, 0.15) is 5.82 Å². The molecule has 29 heavy (non-hydrogen) atoms. The van der Waals surface area contributed by atoms with Gasteiger partial charge in [0.15, 0.2) is 6.29 Å². The van der Waals surface area contributed by atoms with E-state index < -0.39 is 0 Å². The predicted molar refractivity (Wildman–Crippen MR) is 120 cm³/mol. The fourth-order valence-corrected chi connectivity index (χ4v) is 3.03. The Hall–Kier alpha value is -2.99. The molecule has 0 aliphatic heterocycles. The third-order valence-corrected chi connectivity index (χ3v) is 4.47. The third kappa shape index (κ3) is 7.50. The van der Waals surface area contributed by atoms with Crippen LogP contribution in [0.15, 0.2) is 55.0 Å². The summed E-state index contributed by atoms with van der Waals surface area (Å²) in [5.74, 6) is 0.729. The molecule has 0 atom stereocenters. The van der Waals surface area contributed by atoms with E-state index >= 15 is 0 Å². The van der Waals surface area contributed by atoms with E-state index in [1.807, 2.05) is 44.4 Å². The minimum Gasteiger partial charge on any atom is -0.338 e. The van der Waals surface area contributed by atoms with Crippen LogP contribution in [0.3, 0.4) is 0 Å². The summed E-state index contributed by atoms with van der Waals surface area (Å²) in [5.41, 5.74) is 3.17. The Kier molecular flexibility index (Phi) is 10.2. The number of aldehydes is 1. The monoisotopic (exact) mass is 393 g/mol. The summed E-state index contributed by atoms with van der Waals surface area (Å²) in [4.78, 5) is 15.0. The first kappa shape index (κ1) is 22.3. The molecule has 0 unspecified atom stereocenters. The summed E-state index contributed by atoms with van der Waals surface area (Å²) < 4.78 is 0. The number of anilines is 2. The van der Waals surface area contributed by atoms with Crippen LogP contribution in [0.5, 0.6) is 0 Å². The zero-order valence-electron chi connectivity index (χ0n) is 17.3. The average Bonchev–Trinajstić information content (AvgIpc) is 3.25. The highest BCUT2D eigenvalue weighted by Crippen LogP contribution is 2.28. The van der Waals surface area contributed by atoms with Crippen LogP contribution in [0.4, 0.5) is 11.5 Å². The first-order valence-corrected chi connectivity index (χ1v) is 10.1. The number of nitrogens with one attached hydrogen (secondary N) is 3. The molecule has 4 rings (SSSR count). The molecule has 3 aromatic rings. The quantitative estimate of drug-likeness (QED) is 0.530. The summed E-state index contributed by atoms with van der Waals surface area (Å²) in [6.07, 6.45) is 14.7. The summed E-state index contributed by atoms with van der Waals surface area (Å²) in [6.45, 7) is 0. The number of carbonyl (C=O) groups is 1. The van der Waals surface area contributed by atoms with E-state index in [1.54, 1.807) is 24.7 Å². The van der Waals surface area contributed by atoms with E-state index in [-0.39, 0.29) is 0 Å². The molecule has 0 spiro atoms. The molecule has 1 aliphatic rings. The molecule has 6 heteroatoms. The van der Waals surface area contributed by atoms with E-state index in [0.717, 1.165) is 23.2 Å². The van der Waals surface area contributed by atoms with Crippen LogP contribution in [0.1, 0.15) is 48.9 Å². The minimum atomic E-state index is 0.550. The van der Waals surface area contributed by atoms with Gasteiger partial charge in [-0.15, -0.1) is 0 Å². The molecular formula is C23H31N5O. The van der Waals surface area contributed by atoms with Gasteiger partial charge in [0.05, 0.1) is 18.1 Å². The maximum Gasteiger partial charge on any atom is 0.152 e. The topological polar surface area (TPSA) is 82.7 Å². The van der Waals surface area contributed by atoms with Crippen LogP contribution in [0, 0.1) is 0 Å². The number of rotatable bonds is 4. The summed E-state index contributed by atoms with van der Waals surface area (Å²) in [7, 11) is 3.75. The maximum atomic E-state index is 11.0. The number of aromatic nitrogens is 3. The van der Waals surface area contributed by atoms with Gasteiger partial charge in [-0.25, -0.2) is 0 Å². The molecule has 1 saturated carbocycles. The fourth-order valence-electron chi connectivity index (χ4n) is 3.03. The van der Waals surface area contributed by atoms with Gasteiger partial charge < -0.3 is 10.6 Å². The third-order valence-electron chi connectivity index (χ3n) is 4.47. The summed E-state index contributed by atoms with van der Waals surface area (Å²) in [6, 6.07) is 11.6. The van der Waals surface area contributed by atoms with Gasteiger partial charge in [-0.05, 0) is 25.7 Å². The lowest BCUT2D eigenvalue weighted by Crippen LogP contribution is -1.97. The van der Waals surface area contributed by atoms with Crippen molar-refractivity contribution in [3.63, 3.8) is 0 Å². The molecule has 1 aliphatic carbocycles. The number of hydrogen-bond donors (Lipinski definition) is 3. The zero-order valence-corrected chi connectivity index (χ0v) is 17.3. The number of H-pyrrole nitrogens is 1. The van der Waals surface area contributed by atoms with Crippen molar-refractivity contribution < 1.29 is 4.79 Å². The van der Waals surface area contributed by atoms with Gasteiger partial charge in [-0.2, -0.15) is 5.10 Å². The molecule has 2 aromatic heterocycles. The van der Waals surface area contributed by atoms with Crippen LogP contribution in [0.25, 0.3) is 11.1 Å². The second-order valence-corrected chi connectivity index (χ2v) is 6.85. The molecule has 3 N–H and O–H groups in total. The highest BCUT2D eigenvalue weighted by Gasteiger charge is 2.09. The Morgan fingerprint density at radius 3 is 2.14 bits per heavy atom. The van der Waals surface area contributed by atoms with Crippen molar-refractivity contribution in [3.8, 4) is 11.1 Å². The second kappa shape index (κ2) is 13.2. The number of nitrogens with zero attached hydrogens (tertiary/aromatic N) is 2. The molecule has 2 heterocycles. The largest absolute Gasteiger partial charge is 0.338 e. The minimum absolute atomic E-state index is 0.550. The Labute approximate surface area is 173 Å². The van der Waals surface area contributed by atoms with Gasteiger partial charge in [0.25, 0.3) is 0 Å². The number of pyridine rings is 1. The summed E-state index contributed by atoms with van der Waals surface area (Å²) in [5, 5.41) is 12.9. The molecule has 0 saturated heterocycles. The SMILES string of the molecule is C1CCCCC1.CNC.O=Cc1ccncc1Nc1[nH]ncc1-c1ccccc1. The van der Waals surface area contributed by atoms with E-state index in [4.69, 9.17) is 0 Å². The highest BCUT2D eigenvalue weighted by molar-refractivity contribution is 5.87. The van der Waals surface area contributed by atoms with Crippen molar-refractivity contribution in [2.45, 2.75) is 38.5 Å². The van der Waals surface area contributed by atoms with Gasteiger partial charge in [0.2, 0.25) is 0 Å².